The number of anilines is 1. The Hall–Kier alpha value is -2.97. The number of pyridine rings is 1. The summed E-state index contributed by atoms with van der Waals surface area (Å²) in [6, 6.07) is 7.19. The first-order valence-corrected chi connectivity index (χ1v) is 10.0. The summed E-state index contributed by atoms with van der Waals surface area (Å²) in [5.74, 6) is 0.173. The Kier molecular flexibility index (Phi) is 7.02. The fourth-order valence-electron chi connectivity index (χ4n) is 3.08. The number of carbonyl (C=O) groups is 1. The van der Waals surface area contributed by atoms with E-state index in [4.69, 9.17) is 27.6 Å². The number of nitrogens with two attached hydrogens (primary N) is 1. The van der Waals surface area contributed by atoms with E-state index in [-0.39, 0.29) is 17.8 Å². The first kappa shape index (κ1) is 21.7. The molecule has 0 bridgehead atoms. The van der Waals surface area contributed by atoms with E-state index in [2.05, 4.69) is 15.4 Å². The maximum absolute atomic E-state index is 12.9. The molecule has 158 valence electrons. The highest BCUT2D eigenvalue weighted by Crippen LogP contribution is 2.30. The maximum Gasteiger partial charge on any atom is 0.254 e. The third kappa shape index (κ3) is 5.14. The van der Waals surface area contributed by atoms with Crippen LogP contribution in [0.15, 0.2) is 41.8 Å². The van der Waals surface area contributed by atoms with E-state index in [9.17, 15) is 4.79 Å². The SMILES string of the molecule is CC(C)N/C=C(\N=N)c1cc(-c2cc(Cl)cc(C(=O)N3CCOCC3)c2)cnc1N. The minimum Gasteiger partial charge on any atom is -0.387 e. The number of morpholine rings is 1. The Balaban J connectivity index is 1.97. The van der Waals surface area contributed by atoms with Crippen LogP contribution in [0.2, 0.25) is 5.02 Å². The number of nitrogens with zero attached hydrogens (tertiary/aromatic N) is 3. The minimum atomic E-state index is -0.0893. The molecule has 30 heavy (non-hydrogen) atoms. The molecule has 0 saturated carbocycles. The molecule has 9 heteroatoms. The quantitative estimate of drug-likeness (QED) is 0.605. The highest BCUT2D eigenvalue weighted by atomic mass is 35.5. The summed E-state index contributed by atoms with van der Waals surface area (Å²) in [4.78, 5) is 18.9. The van der Waals surface area contributed by atoms with Crippen LogP contribution in [0.4, 0.5) is 5.82 Å². The number of nitrogen functional groups attached to an aromatic ring is 1. The predicted octanol–water partition coefficient (Wildman–Crippen LogP) is 3.78. The molecule has 0 spiro atoms. The number of hydrogen-bond donors (Lipinski definition) is 3. The van der Waals surface area contributed by atoms with Gasteiger partial charge in [0.1, 0.15) is 11.5 Å². The molecule has 1 aliphatic rings. The van der Waals surface area contributed by atoms with Gasteiger partial charge in [-0.2, -0.15) is 5.11 Å². The average Bonchev–Trinajstić information content (AvgIpc) is 2.74. The number of amides is 1. The van der Waals surface area contributed by atoms with Gasteiger partial charge in [0.25, 0.3) is 5.91 Å². The lowest BCUT2D eigenvalue weighted by Crippen LogP contribution is -2.40. The highest BCUT2D eigenvalue weighted by molar-refractivity contribution is 6.31. The number of aromatic nitrogens is 1. The van der Waals surface area contributed by atoms with Gasteiger partial charge in [-0.3, -0.25) is 4.79 Å². The summed E-state index contributed by atoms with van der Waals surface area (Å²) in [7, 11) is 0. The molecule has 2 aromatic rings. The monoisotopic (exact) mass is 428 g/mol. The average molecular weight is 429 g/mol. The van der Waals surface area contributed by atoms with Crippen molar-refractivity contribution in [1.29, 1.82) is 5.53 Å². The number of carbonyl (C=O) groups excluding carboxylic acids is 1. The van der Waals surface area contributed by atoms with Gasteiger partial charge in [0.2, 0.25) is 0 Å². The Bertz CT molecular complexity index is 970. The molecule has 2 heterocycles. The van der Waals surface area contributed by atoms with E-state index in [0.717, 1.165) is 11.1 Å². The maximum atomic E-state index is 12.9. The number of halogens is 1. The molecule has 1 aliphatic heterocycles. The molecule has 1 fully saturated rings. The van der Waals surface area contributed by atoms with Crippen LogP contribution in [-0.2, 0) is 4.74 Å². The smallest absolute Gasteiger partial charge is 0.254 e. The molecule has 3 rings (SSSR count). The van der Waals surface area contributed by atoms with E-state index in [1.807, 2.05) is 13.8 Å². The fourth-order valence-corrected chi connectivity index (χ4v) is 3.32. The standard InChI is InChI=1S/C21H25ClN6O2/c1-13(2)25-12-19(27-24)18-10-16(11-26-20(18)23)14-7-15(9-17(22)8-14)21(29)28-3-5-30-6-4-28/h7-13,24-25H,3-6H2,1-2H3,(H2,23,26)/b19-12-,27-24?. The second kappa shape index (κ2) is 9.69. The zero-order valence-corrected chi connectivity index (χ0v) is 17.7. The Morgan fingerprint density at radius 1 is 1.30 bits per heavy atom. The van der Waals surface area contributed by atoms with Crippen molar-refractivity contribution in [2.45, 2.75) is 19.9 Å². The van der Waals surface area contributed by atoms with Crippen LogP contribution >= 0.6 is 11.6 Å². The zero-order chi connectivity index (χ0) is 21.7. The zero-order valence-electron chi connectivity index (χ0n) is 17.0. The van der Waals surface area contributed by atoms with E-state index in [1.54, 1.807) is 41.6 Å². The van der Waals surface area contributed by atoms with Gasteiger partial charge in [-0.15, -0.1) is 0 Å². The van der Waals surface area contributed by atoms with Crippen molar-refractivity contribution in [2.24, 2.45) is 5.11 Å². The molecule has 4 N–H and O–H groups in total. The number of hydrogen-bond acceptors (Lipinski definition) is 7. The lowest BCUT2D eigenvalue weighted by molar-refractivity contribution is 0.0303. The van der Waals surface area contributed by atoms with Crippen LogP contribution in [0.5, 0.6) is 0 Å². The van der Waals surface area contributed by atoms with Crippen LogP contribution in [0.3, 0.4) is 0 Å². The summed E-state index contributed by atoms with van der Waals surface area (Å²) in [6.45, 7) is 6.12. The van der Waals surface area contributed by atoms with E-state index in [1.165, 1.54) is 0 Å². The number of nitrogens with one attached hydrogen (secondary N) is 2. The van der Waals surface area contributed by atoms with Crippen molar-refractivity contribution in [3.05, 3.63) is 52.8 Å². The van der Waals surface area contributed by atoms with Crippen molar-refractivity contribution in [2.75, 3.05) is 32.0 Å². The van der Waals surface area contributed by atoms with Crippen LogP contribution in [0.1, 0.15) is 29.8 Å². The molecular formula is C21H25ClN6O2. The van der Waals surface area contributed by atoms with Crippen molar-refractivity contribution in [1.82, 2.24) is 15.2 Å². The highest BCUT2D eigenvalue weighted by Gasteiger charge is 2.20. The lowest BCUT2D eigenvalue weighted by atomic mass is 10.0. The van der Waals surface area contributed by atoms with Crippen LogP contribution in [-0.4, -0.2) is 48.1 Å². The first-order valence-electron chi connectivity index (χ1n) is 9.66. The van der Waals surface area contributed by atoms with Crippen LogP contribution in [0, 0.1) is 5.53 Å². The van der Waals surface area contributed by atoms with Gasteiger partial charge in [-0.1, -0.05) is 11.6 Å². The molecule has 0 unspecified atom stereocenters. The first-order chi connectivity index (χ1) is 14.4. The second-order valence-corrected chi connectivity index (χ2v) is 7.69. The Morgan fingerprint density at radius 3 is 2.70 bits per heavy atom. The number of ether oxygens (including phenoxy) is 1. The lowest BCUT2D eigenvalue weighted by Gasteiger charge is -2.27. The van der Waals surface area contributed by atoms with Crippen molar-refractivity contribution in [3.63, 3.8) is 0 Å². The van der Waals surface area contributed by atoms with Gasteiger partial charge in [0.15, 0.2) is 0 Å². The molecular weight excluding hydrogens is 404 g/mol. The van der Waals surface area contributed by atoms with Gasteiger partial charge >= 0.3 is 0 Å². The minimum absolute atomic E-state index is 0.0893. The third-order valence-corrected chi connectivity index (χ3v) is 4.86. The second-order valence-electron chi connectivity index (χ2n) is 7.25. The molecule has 0 aliphatic carbocycles. The molecule has 1 aromatic carbocycles. The molecule has 8 nitrogen and oxygen atoms in total. The Morgan fingerprint density at radius 2 is 2.03 bits per heavy atom. The summed E-state index contributed by atoms with van der Waals surface area (Å²) in [5.41, 5.74) is 16.4. The molecule has 1 saturated heterocycles. The summed E-state index contributed by atoms with van der Waals surface area (Å²) >= 11 is 6.32. The van der Waals surface area contributed by atoms with E-state index >= 15 is 0 Å². The third-order valence-electron chi connectivity index (χ3n) is 4.64. The molecule has 0 radical (unpaired) electrons. The fraction of sp³-hybridized carbons (Fsp3) is 0.333. The van der Waals surface area contributed by atoms with Gasteiger partial charge in [-0.25, -0.2) is 10.5 Å². The van der Waals surface area contributed by atoms with Gasteiger partial charge in [0.05, 0.1) is 13.2 Å². The van der Waals surface area contributed by atoms with Gasteiger partial charge in [0, 0.05) is 53.2 Å². The largest absolute Gasteiger partial charge is 0.387 e. The van der Waals surface area contributed by atoms with E-state index < -0.39 is 0 Å². The summed E-state index contributed by atoms with van der Waals surface area (Å²) in [6.07, 6.45) is 3.26. The van der Waals surface area contributed by atoms with E-state index in [0.29, 0.717) is 48.1 Å². The molecule has 0 atom stereocenters. The normalized spacial score (nSPS) is 14.7. The molecule has 1 amide bonds. The number of rotatable bonds is 6. The van der Waals surface area contributed by atoms with Crippen molar-refractivity contribution >= 4 is 29.0 Å². The summed E-state index contributed by atoms with van der Waals surface area (Å²) in [5, 5.41) is 7.14. The molecule has 1 aromatic heterocycles. The van der Waals surface area contributed by atoms with Crippen molar-refractivity contribution in [3.8, 4) is 11.1 Å². The topological polar surface area (TPSA) is 117 Å². The summed E-state index contributed by atoms with van der Waals surface area (Å²) < 4.78 is 5.32. The predicted molar refractivity (Wildman–Crippen MR) is 117 cm³/mol. The number of benzene rings is 1. The van der Waals surface area contributed by atoms with Crippen LogP contribution in [0.25, 0.3) is 16.8 Å². The van der Waals surface area contributed by atoms with Gasteiger partial charge in [-0.05, 0) is 43.7 Å². The van der Waals surface area contributed by atoms with Crippen molar-refractivity contribution < 1.29 is 9.53 Å². The Labute approximate surface area is 180 Å². The van der Waals surface area contributed by atoms with Crippen LogP contribution < -0.4 is 11.1 Å². The van der Waals surface area contributed by atoms with Gasteiger partial charge < -0.3 is 20.7 Å².